The first kappa shape index (κ1) is 16.6. The number of carbonyl (C=O) groups is 1. The molecule has 6 rings (SSSR count). The third-order valence-electron chi connectivity index (χ3n) is 9.92. The molecule has 0 aromatic rings. The molecule has 3 heteroatoms. The second kappa shape index (κ2) is 5.24. The normalized spacial score (nSPS) is 52.6. The molecule has 1 aliphatic heterocycles. The van der Waals surface area contributed by atoms with Gasteiger partial charge in [-0.25, -0.2) is 0 Å². The molecule has 140 valence electrons. The van der Waals surface area contributed by atoms with Crippen LogP contribution in [0.4, 0.5) is 0 Å². The second-order valence-corrected chi connectivity index (χ2v) is 11.1. The van der Waals surface area contributed by atoms with Crippen LogP contribution in [0.5, 0.6) is 0 Å². The molecule has 5 saturated carbocycles. The first-order valence-electron chi connectivity index (χ1n) is 10.7. The van der Waals surface area contributed by atoms with Crippen molar-refractivity contribution in [1.82, 2.24) is 4.90 Å². The second-order valence-electron chi connectivity index (χ2n) is 11.1. The van der Waals surface area contributed by atoms with Gasteiger partial charge in [0.25, 0.3) is 0 Å². The highest BCUT2D eigenvalue weighted by Gasteiger charge is 2.57. The zero-order valence-electron chi connectivity index (χ0n) is 16.2. The number of rotatable bonds is 2. The molecule has 0 spiro atoms. The summed E-state index contributed by atoms with van der Waals surface area (Å²) in [7, 11) is 0. The van der Waals surface area contributed by atoms with E-state index in [-0.39, 0.29) is 11.5 Å². The molecule has 0 radical (unpaired) electrons. The monoisotopic (exact) mass is 345 g/mol. The van der Waals surface area contributed by atoms with Gasteiger partial charge in [0.2, 0.25) is 5.91 Å². The van der Waals surface area contributed by atoms with E-state index in [1.165, 1.54) is 38.5 Å². The predicted molar refractivity (Wildman–Crippen MR) is 97.7 cm³/mol. The van der Waals surface area contributed by atoms with E-state index in [2.05, 4.69) is 25.7 Å². The van der Waals surface area contributed by atoms with Crippen LogP contribution in [0.1, 0.15) is 65.7 Å². The summed E-state index contributed by atoms with van der Waals surface area (Å²) < 4.78 is 0. The molecule has 25 heavy (non-hydrogen) atoms. The van der Waals surface area contributed by atoms with E-state index in [4.69, 9.17) is 0 Å². The molecule has 6 bridgehead atoms. The van der Waals surface area contributed by atoms with Crippen LogP contribution in [0.25, 0.3) is 0 Å². The molecule has 3 nitrogen and oxygen atoms in total. The van der Waals surface area contributed by atoms with Gasteiger partial charge >= 0.3 is 0 Å². The third kappa shape index (κ3) is 2.23. The SMILES string of the molecule is CC1(C)C2CC[C@]1(C)CN(C(=O)CC1C3CC4CC(C3)C(O)C1C4)C2. The maximum absolute atomic E-state index is 13.2. The first-order valence-corrected chi connectivity index (χ1v) is 10.7. The first-order chi connectivity index (χ1) is 11.8. The van der Waals surface area contributed by atoms with Gasteiger partial charge in [0, 0.05) is 19.5 Å². The number of aliphatic hydroxyl groups excluding tert-OH is 1. The highest BCUT2D eigenvalue weighted by molar-refractivity contribution is 5.77. The van der Waals surface area contributed by atoms with Crippen molar-refractivity contribution in [3.63, 3.8) is 0 Å². The summed E-state index contributed by atoms with van der Waals surface area (Å²) in [6, 6.07) is 0. The Morgan fingerprint density at radius 3 is 2.64 bits per heavy atom. The summed E-state index contributed by atoms with van der Waals surface area (Å²) in [6.45, 7) is 9.16. The summed E-state index contributed by atoms with van der Waals surface area (Å²) in [6.07, 6.45) is 8.06. The summed E-state index contributed by atoms with van der Waals surface area (Å²) in [5.41, 5.74) is 0.651. The standard InChI is InChI=1S/C22H35NO2/c1-21(2)16-4-5-22(21,3)12-23(11-16)19(24)10-17-14-6-13-7-15(9-14)20(25)18(17)8-13/h13-18,20,25H,4-12H2,1-3H3/t13?,14?,15?,16?,17?,18?,20?,22-/m1/s1. The minimum atomic E-state index is -0.125. The number of hydrogen-bond acceptors (Lipinski definition) is 2. The Kier molecular flexibility index (Phi) is 3.48. The number of amides is 1. The molecule has 1 N–H and O–H groups in total. The lowest BCUT2D eigenvalue weighted by Crippen LogP contribution is -2.56. The van der Waals surface area contributed by atoms with Crippen molar-refractivity contribution < 1.29 is 9.90 Å². The zero-order chi connectivity index (χ0) is 17.6. The van der Waals surface area contributed by atoms with Crippen LogP contribution in [0, 0.1) is 46.3 Å². The van der Waals surface area contributed by atoms with E-state index in [9.17, 15) is 9.90 Å². The lowest BCUT2D eigenvalue weighted by atomic mass is 9.50. The molecule has 5 aliphatic carbocycles. The van der Waals surface area contributed by atoms with Crippen molar-refractivity contribution in [2.75, 3.05) is 13.1 Å². The van der Waals surface area contributed by atoms with Gasteiger partial charge in [-0.3, -0.25) is 4.79 Å². The van der Waals surface area contributed by atoms with Crippen LogP contribution in [0.15, 0.2) is 0 Å². The Morgan fingerprint density at radius 1 is 1.12 bits per heavy atom. The van der Waals surface area contributed by atoms with Crippen LogP contribution in [-0.4, -0.2) is 35.1 Å². The van der Waals surface area contributed by atoms with E-state index in [0.29, 0.717) is 47.3 Å². The quantitative estimate of drug-likeness (QED) is 0.829. The fourth-order valence-corrected chi connectivity index (χ4v) is 7.87. The van der Waals surface area contributed by atoms with Crippen molar-refractivity contribution >= 4 is 5.91 Å². The number of fused-ring (bicyclic) bond motifs is 2. The maximum Gasteiger partial charge on any atom is 0.222 e. The van der Waals surface area contributed by atoms with Gasteiger partial charge in [0.15, 0.2) is 0 Å². The Labute approximate surface area is 152 Å². The Morgan fingerprint density at radius 2 is 1.88 bits per heavy atom. The van der Waals surface area contributed by atoms with Crippen LogP contribution in [0.3, 0.4) is 0 Å². The van der Waals surface area contributed by atoms with Crippen LogP contribution < -0.4 is 0 Å². The van der Waals surface area contributed by atoms with Gasteiger partial charge in [0.05, 0.1) is 6.10 Å². The largest absolute Gasteiger partial charge is 0.393 e. The number of piperidine rings is 1. The van der Waals surface area contributed by atoms with Crippen LogP contribution in [-0.2, 0) is 4.79 Å². The van der Waals surface area contributed by atoms with Gasteiger partial charge in [-0.05, 0) is 84.9 Å². The molecule has 0 aromatic heterocycles. The van der Waals surface area contributed by atoms with Gasteiger partial charge in [-0.2, -0.15) is 0 Å². The van der Waals surface area contributed by atoms with Crippen molar-refractivity contribution in [2.24, 2.45) is 46.3 Å². The smallest absolute Gasteiger partial charge is 0.222 e. The van der Waals surface area contributed by atoms with E-state index < -0.39 is 0 Å². The highest BCUT2D eigenvalue weighted by atomic mass is 16.3. The molecule has 6 fully saturated rings. The summed E-state index contributed by atoms with van der Waals surface area (Å²) in [5.74, 6) is 4.01. The molecular weight excluding hydrogens is 310 g/mol. The van der Waals surface area contributed by atoms with E-state index in [1.807, 2.05) is 0 Å². The minimum Gasteiger partial charge on any atom is -0.393 e. The Bertz CT molecular complexity index is 587. The number of likely N-dealkylation sites (tertiary alicyclic amines) is 1. The number of carbonyl (C=O) groups excluding carboxylic acids is 1. The van der Waals surface area contributed by atoms with Crippen molar-refractivity contribution in [3.8, 4) is 0 Å². The average Bonchev–Trinajstić information content (AvgIpc) is 2.71. The lowest BCUT2D eigenvalue weighted by Gasteiger charge is -2.57. The van der Waals surface area contributed by atoms with Crippen molar-refractivity contribution in [1.29, 1.82) is 0 Å². The minimum absolute atomic E-state index is 0.125. The van der Waals surface area contributed by atoms with Gasteiger partial charge < -0.3 is 10.0 Å². The fourth-order valence-electron chi connectivity index (χ4n) is 7.87. The van der Waals surface area contributed by atoms with Crippen LogP contribution in [0.2, 0.25) is 0 Å². The lowest BCUT2D eigenvalue weighted by molar-refractivity contribution is -0.154. The van der Waals surface area contributed by atoms with Crippen LogP contribution >= 0.6 is 0 Å². The summed E-state index contributed by atoms with van der Waals surface area (Å²) in [4.78, 5) is 15.4. The molecule has 6 aliphatic rings. The third-order valence-corrected chi connectivity index (χ3v) is 9.92. The average molecular weight is 346 g/mol. The van der Waals surface area contributed by atoms with E-state index >= 15 is 0 Å². The molecule has 1 amide bonds. The highest BCUT2D eigenvalue weighted by Crippen LogP contribution is 2.60. The summed E-state index contributed by atoms with van der Waals surface area (Å²) in [5, 5.41) is 10.7. The van der Waals surface area contributed by atoms with E-state index in [1.54, 1.807) is 0 Å². The number of nitrogens with zero attached hydrogens (tertiary/aromatic N) is 1. The predicted octanol–water partition coefficient (Wildman–Crippen LogP) is 3.70. The molecule has 1 heterocycles. The van der Waals surface area contributed by atoms with E-state index in [0.717, 1.165) is 19.0 Å². The number of hydrogen-bond donors (Lipinski definition) is 1. The topological polar surface area (TPSA) is 40.5 Å². The molecule has 0 aromatic carbocycles. The molecule has 7 unspecified atom stereocenters. The maximum atomic E-state index is 13.2. The van der Waals surface area contributed by atoms with Gasteiger partial charge in [-0.15, -0.1) is 0 Å². The zero-order valence-corrected chi connectivity index (χ0v) is 16.2. The number of aliphatic hydroxyl groups is 1. The van der Waals surface area contributed by atoms with Gasteiger partial charge in [0.1, 0.15) is 0 Å². The Balaban J connectivity index is 1.30. The van der Waals surface area contributed by atoms with Crippen molar-refractivity contribution in [3.05, 3.63) is 0 Å². The fraction of sp³-hybridized carbons (Fsp3) is 0.955. The van der Waals surface area contributed by atoms with Gasteiger partial charge in [-0.1, -0.05) is 20.8 Å². The molecule has 8 atom stereocenters. The molecule has 1 saturated heterocycles. The summed E-state index contributed by atoms with van der Waals surface area (Å²) >= 11 is 0. The van der Waals surface area contributed by atoms with Crippen molar-refractivity contribution in [2.45, 2.75) is 71.8 Å². The Hall–Kier alpha value is -0.570. The molecular formula is C22H35NO2.